The van der Waals surface area contributed by atoms with Gasteiger partial charge in [-0.3, -0.25) is 28.8 Å². The van der Waals surface area contributed by atoms with Gasteiger partial charge in [0.05, 0.1) is 36.5 Å². The van der Waals surface area contributed by atoms with Gasteiger partial charge in [-0.15, -0.1) is 0 Å². The van der Waals surface area contributed by atoms with Crippen molar-refractivity contribution in [2.75, 3.05) is 55.4 Å². The van der Waals surface area contributed by atoms with E-state index in [1.165, 1.54) is 116 Å². The van der Waals surface area contributed by atoms with Crippen LogP contribution in [0.4, 0.5) is 17.1 Å². The van der Waals surface area contributed by atoms with Crippen LogP contribution in [0.15, 0.2) is 54.6 Å². The summed E-state index contributed by atoms with van der Waals surface area (Å²) in [5.74, 6) is -3.10. The second kappa shape index (κ2) is 50.3. The molecular weight excluding hydrogens is 1160 g/mol. The van der Waals surface area contributed by atoms with Crippen molar-refractivity contribution < 1.29 is 43.0 Å². The molecule has 0 radical (unpaired) electrons. The van der Waals surface area contributed by atoms with Gasteiger partial charge in [-0.1, -0.05) is 234 Å². The zero-order valence-electron chi connectivity index (χ0n) is 58.9. The smallest absolute Gasteiger partial charge is 0.255 e. The summed E-state index contributed by atoms with van der Waals surface area (Å²) in [6, 6.07) is 15.4. The molecule has 1 saturated carbocycles. The lowest BCUT2D eigenvalue weighted by atomic mass is 9.74. The first-order valence-corrected chi connectivity index (χ1v) is 37.5. The van der Waals surface area contributed by atoms with Crippen LogP contribution in [0.2, 0.25) is 0 Å². The summed E-state index contributed by atoms with van der Waals surface area (Å²) in [6.07, 6.45) is 39.7. The third kappa shape index (κ3) is 33.2. The Morgan fingerprint density at radius 3 is 0.753 bits per heavy atom. The number of carbonyl (C=O) groups excluding carboxylic acids is 6. The maximum atomic E-state index is 14.8. The fraction of sp³-hybridized carbons (Fsp3) is 0.692. The van der Waals surface area contributed by atoms with Crippen LogP contribution in [-0.2, 0) is 14.4 Å². The quantitative estimate of drug-likeness (QED) is 0.0297. The van der Waals surface area contributed by atoms with E-state index in [0.29, 0.717) is 90.5 Å². The van der Waals surface area contributed by atoms with Gasteiger partial charge >= 0.3 is 0 Å². The lowest BCUT2D eigenvalue weighted by molar-refractivity contribution is -0.129. The maximum Gasteiger partial charge on any atom is 0.255 e. The molecule has 0 saturated heterocycles. The average Bonchev–Trinajstić information content (AvgIpc) is 0.926. The van der Waals surface area contributed by atoms with Crippen molar-refractivity contribution in [3.05, 3.63) is 71.3 Å². The highest BCUT2D eigenvalue weighted by atomic mass is 16.5. The summed E-state index contributed by atoms with van der Waals surface area (Å²) >= 11 is 0. The summed E-state index contributed by atoms with van der Waals surface area (Å²) in [5.41, 5.74) is 2.16. The van der Waals surface area contributed by atoms with Gasteiger partial charge in [0, 0.05) is 54.5 Å². The van der Waals surface area contributed by atoms with E-state index in [4.69, 9.17) is 14.2 Å². The molecule has 0 heterocycles. The third-order valence-electron chi connectivity index (χ3n) is 18.0. The van der Waals surface area contributed by atoms with Crippen LogP contribution in [0.5, 0.6) is 17.2 Å². The van der Waals surface area contributed by atoms with Crippen LogP contribution >= 0.6 is 0 Å². The number of carbonyl (C=O) groups is 6. The number of anilines is 3. The van der Waals surface area contributed by atoms with Crippen molar-refractivity contribution in [2.45, 2.75) is 292 Å². The van der Waals surface area contributed by atoms with E-state index in [1.807, 2.05) is 0 Å². The van der Waals surface area contributed by atoms with Gasteiger partial charge in [0.1, 0.15) is 17.2 Å². The van der Waals surface area contributed by atoms with E-state index in [-0.39, 0.29) is 37.0 Å². The molecule has 15 nitrogen and oxygen atoms in total. The van der Waals surface area contributed by atoms with Crippen LogP contribution in [-0.4, -0.2) is 74.9 Å². The predicted molar refractivity (Wildman–Crippen MR) is 383 cm³/mol. The third-order valence-corrected chi connectivity index (χ3v) is 18.0. The molecule has 0 unspecified atom stereocenters. The monoisotopic (exact) mass is 1290 g/mol. The first-order chi connectivity index (χ1) is 45.5. The van der Waals surface area contributed by atoms with E-state index < -0.39 is 35.5 Å². The lowest BCUT2D eigenvalue weighted by Gasteiger charge is -2.33. The fourth-order valence-electron chi connectivity index (χ4n) is 12.2. The highest BCUT2D eigenvalue weighted by Crippen LogP contribution is 2.37. The summed E-state index contributed by atoms with van der Waals surface area (Å²) in [4.78, 5) is 86.4. The van der Waals surface area contributed by atoms with Gasteiger partial charge in [0.15, 0.2) is 0 Å². The van der Waals surface area contributed by atoms with E-state index in [9.17, 15) is 28.8 Å². The van der Waals surface area contributed by atoms with Crippen LogP contribution in [0, 0.1) is 17.8 Å². The Labute approximate surface area is 562 Å². The summed E-state index contributed by atoms with van der Waals surface area (Å²) < 4.78 is 18.8. The van der Waals surface area contributed by atoms with Crippen molar-refractivity contribution in [2.24, 2.45) is 17.8 Å². The molecule has 6 N–H and O–H groups in total. The lowest BCUT2D eigenvalue weighted by Crippen LogP contribution is -2.40. The second-order valence-electron chi connectivity index (χ2n) is 26.3. The van der Waals surface area contributed by atoms with Crippen LogP contribution in [0.1, 0.15) is 323 Å². The number of amides is 6. The number of nitrogens with one attached hydrogen (secondary N) is 6. The SMILES string of the molecule is CCCCCCCCNC(=O)c1cc(NC(=O)C2CC(C(=O)Nc3ccc(OCCCCCCCC)c(C(=O)NCCCCCCCC)c3)CC(C(=O)Nc3ccc(OCCCCCCCC)c(C(=O)NCCCCCCCC)c3)C2)ccc1OCCCCCCCC. The minimum absolute atomic E-state index is 0.130. The maximum absolute atomic E-state index is 14.8. The van der Waals surface area contributed by atoms with E-state index in [2.05, 4.69) is 73.4 Å². The van der Waals surface area contributed by atoms with Crippen LogP contribution in [0.25, 0.3) is 0 Å². The zero-order chi connectivity index (χ0) is 66.9. The Bertz CT molecular complexity index is 2290. The first-order valence-electron chi connectivity index (χ1n) is 37.5. The van der Waals surface area contributed by atoms with Crippen LogP contribution < -0.4 is 46.1 Å². The highest BCUT2D eigenvalue weighted by Gasteiger charge is 2.40. The summed E-state index contributed by atoms with van der Waals surface area (Å²) in [5, 5.41) is 18.5. The van der Waals surface area contributed by atoms with Crippen molar-refractivity contribution >= 4 is 52.5 Å². The number of hydrogen-bond acceptors (Lipinski definition) is 9. The second-order valence-corrected chi connectivity index (χ2v) is 26.3. The standard InChI is InChI=1S/C78H126N6O9/c1-7-13-19-25-31-37-49-79-76(88)67-58-64(43-46-70(67)91-52-40-34-28-22-16-10-4)82-73(85)61-55-62(74(86)83-65-44-47-71(92-53-41-35-29-23-17-11-5)68(59-65)77(89)80-50-38-32-26-20-14-8-2)57-63(56-61)75(87)84-66-45-48-72(93-54-42-36-30-24-18-12-6)69(60-66)78(90)81-51-39-33-27-21-15-9-3/h43-48,58-63H,7-42,49-57H2,1-6H3,(H,79,88)(H,80,89)(H,81,90)(H,82,85)(H,83,86)(H,84,87). The van der Waals surface area contributed by atoms with E-state index in [0.717, 1.165) is 116 Å². The van der Waals surface area contributed by atoms with Gasteiger partial charge in [-0.05, 0) is 112 Å². The first kappa shape index (κ1) is 79.3. The molecule has 93 heavy (non-hydrogen) atoms. The molecule has 3 aromatic carbocycles. The minimum Gasteiger partial charge on any atom is -0.493 e. The molecule has 522 valence electrons. The van der Waals surface area contributed by atoms with Gasteiger partial charge in [-0.2, -0.15) is 0 Å². The Morgan fingerprint density at radius 1 is 0.301 bits per heavy atom. The molecule has 0 atom stereocenters. The highest BCUT2D eigenvalue weighted by molar-refractivity contribution is 6.03. The average molecular weight is 1290 g/mol. The van der Waals surface area contributed by atoms with Gasteiger partial charge < -0.3 is 46.1 Å². The summed E-state index contributed by atoms with van der Waals surface area (Å²) in [7, 11) is 0. The molecule has 4 rings (SSSR count). The summed E-state index contributed by atoms with van der Waals surface area (Å²) in [6.45, 7) is 16.1. The molecule has 0 aromatic heterocycles. The fourth-order valence-corrected chi connectivity index (χ4v) is 12.2. The Morgan fingerprint density at radius 2 is 0.516 bits per heavy atom. The molecule has 15 heteroatoms. The molecule has 1 aliphatic carbocycles. The number of hydrogen-bond donors (Lipinski definition) is 6. The molecule has 0 bridgehead atoms. The molecule has 6 amide bonds. The number of unbranched alkanes of at least 4 members (excludes halogenated alkanes) is 30. The van der Waals surface area contributed by atoms with Gasteiger partial charge in [0.2, 0.25) is 17.7 Å². The molecule has 0 spiro atoms. The van der Waals surface area contributed by atoms with E-state index >= 15 is 0 Å². The molecule has 0 aliphatic heterocycles. The molecule has 3 aromatic rings. The normalized spacial score (nSPS) is 14.5. The van der Waals surface area contributed by atoms with E-state index in [1.54, 1.807) is 54.6 Å². The Balaban J connectivity index is 1.65. The minimum atomic E-state index is -0.805. The molecular formula is C78H126N6O9. The van der Waals surface area contributed by atoms with Gasteiger partial charge in [0.25, 0.3) is 17.7 Å². The number of ether oxygens (including phenoxy) is 3. The molecule has 1 aliphatic rings. The Kier molecular flexibility index (Phi) is 42.9. The Hall–Kier alpha value is -6.12. The predicted octanol–water partition coefficient (Wildman–Crippen LogP) is 19.4. The zero-order valence-corrected chi connectivity index (χ0v) is 58.9. The molecule has 1 fully saturated rings. The van der Waals surface area contributed by atoms with Crippen molar-refractivity contribution in [1.29, 1.82) is 0 Å². The van der Waals surface area contributed by atoms with Gasteiger partial charge in [-0.25, -0.2) is 0 Å². The van der Waals surface area contributed by atoms with Crippen molar-refractivity contribution in [3.8, 4) is 17.2 Å². The number of benzene rings is 3. The van der Waals surface area contributed by atoms with Crippen molar-refractivity contribution in [3.63, 3.8) is 0 Å². The van der Waals surface area contributed by atoms with Crippen molar-refractivity contribution in [1.82, 2.24) is 16.0 Å². The largest absolute Gasteiger partial charge is 0.493 e. The topological polar surface area (TPSA) is 202 Å². The van der Waals surface area contributed by atoms with Crippen LogP contribution in [0.3, 0.4) is 0 Å². The number of rotatable bonds is 54.